The van der Waals surface area contributed by atoms with Gasteiger partial charge in [-0.3, -0.25) is 4.79 Å². The topological polar surface area (TPSA) is 46.3 Å². The second-order valence-electron chi connectivity index (χ2n) is 4.25. The van der Waals surface area contributed by atoms with Crippen molar-refractivity contribution in [1.29, 1.82) is 0 Å². The van der Waals surface area contributed by atoms with E-state index in [0.29, 0.717) is 17.5 Å². The minimum absolute atomic E-state index is 0.0944. The molecule has 2 N–H and O–H groups in total. The van der Waals surface area contributed by atoms with Gasteiger partial charge in [-0.05, 0) is 19.3 Å². The summed E-state index contributed by atoms with van der Waals surface area (Å²) in [6.07, 6.45) is 5.40. The molecule has 4 heteroatoms. The molecule has 0 aromatic heterocycles. The van der Waals surface area contributed by atoms with E-state index in [1.807, 2.05) is 18.9 Å². The summed E-state index contributed by atoms with van der Waals surface area (Å²) in [4.78, 5) is 14.2. The second kappa shape index (κ2) is 5.45. The summed E-state index contributed by atoms with van der Waals surface area (Å²) < 4.78 is 0. The van der Waals surface area contributed by atoms with Crippen LogP contribution >= 0.6 is 12.2 Å². The Morgan fingerprint density at radius 1 is 1.53 bits per heavy atom. The maximum Gasteiger partial charge on any atom is 0.232 e. The molecule has 0 radical (unpaired) electrons. The van der Waals surface area contributed by atoms with Gasteiger partial charge in [0, 0.05) is 13.1 Å². The Bertz CT molecular complexity index is 249. The molecule has 0 saturated heterocycles. The lowest BCUT2D eigenvalue weighted by atomic mass is 10.0. The highest BCUT2D eigenvalue weighted by Gasteiger charge is 2.28. The maximum absolute atomic E-state index is 12.1. The number of hydrogen-bond donors (Lipinski definition) is 1. The van der Waals surface area contributed by atoms with Crippen LogP contribution in [0, 0.1) is 5.92 Å². The number of hydrogen-bond acceptors (Lipinski definition) is 2. The summed E-state index contributed by atoms with van der Waals surface area (Å²) >= 11 is 4.92. The van der Waals surface area contributed by atoms with Gasteiger partial charge in [-0.15, -0.1) is 0 Å². The van der Waals surface area contributed by atoms with Crippen molar-refractivity contribution in [2.75, 3.05) is 7.05 Å². The highest BCUT2D eigenvalue weighted by molar-refractivity contribution is 7.80. The SMILES string of the molecule is CCC(C(=O)N(C)C1CCCC1)C(N)=S. The molecule has 0 bridgehead atoms. The van der Waals surface area contributed by atoms with Crippen LogP contribution in [0.1, 0.15) is 39.0 Å². The van der Waals surface area contributed by atoms with Gasteiger partial charge in [0.1, 0.15) is 0 Å². The largest absolute Gasteiger partial charge is 0.393 e. The molecular weight excluding hydrogens is 208 g/mol. The molecule has 3 nitrogen and oxygen atoms in total. The first kappa shape index (κ1) is 12.4. The van der Waals surface area contributed by atoms with Crippen LogP contribution in [0.3, 0.4) is 0 Å². The van der Waals surface area contributed by atoms with Crippen molar-refractivity contribution in [3.8, 4) is 0 Å². The van der Waals surface area contributed by atoms with Gasteiger partial charge in [-0.1, -0.05) is 32.0 Å². The van der Waals surface area contributed by atoms with Crippen LogP contribution in [-0.4, -0.2) is 28.9 Å². The molecule has 0 aromatic carbocycles. The summed E-state index contributed by atoms with van der Waals surface area (Å²) in [7, 11) is 1.87. The summed E-state index contributed by atoms with van der Waals surface area (Å²) in [6.45, 7) is 1.95. The first-order valence-electron chi connectivity index (χ1n) is 5.64. The minimum atomic E-state index is -0.273. The second-order valence-corrected chi connectivity index (χ2v) is 4.72. The highest BCUT2D eigenvalue weighted by atomic mass is 32.1. The number of nitrogens with zero attached hydrogens (tertiary/aromatic N) is 1. The van der Waals surface area contributed by atoms with E-state index >= 15 is 0 Å². The normalized spacial score (nSPS) is 18.8. The van der Waals surface area contributed by atoms with E-state index in [4.69, 9.17) is 18.0 Å². The monoisotopic (exact) mass is 228 g/mol. The average molecular weight is 228 g/mol. The van der Waals surface area contributed by atoms with Crippen LogP contribution in [-0.2, 0) is 4.79 Å². The van der Waals surface area contributed by atoms with Gasteiger partial charge in [0.05, 0.1) is 10.9 Å². The Morgan fingerprint density at radius 2 is 2.07 bits per heavy atom. The Kier molecular flexibility index (Phi) is 4.51. The third-order valence-electron chi connectivity index (χ3n) is 3.27. The van der Waals surface area contributed by atoms with Crippen molar-refractivity contribution in [3.63, 3.8) is 0 Å². The minimum Gasteiger partial charge on any atom is -0.393 e. The number of carbonyl (C=O) groups is 1. The fourth-order valence-electron chi connectivity index (χ4n) is 2.21. The van der Waals surface area contributed by atoms with E-state index in [1.165, 1.54) is 12.8 Å². The van der Waals surface area contributed by atoms with Crippen LogP contribution in [0.2, 0.25) is 0 Å². The fourth-order valence-corrected chi connectivity index (χ4v) is 2.48. The van der Waals surface area contributed by atoms with E-state index in [0.717, 1.165) is 12.8 Å². The number of thiocarbonyl (C=S) groups is 1. The van der Waals surface area contributed by atoms with Crippen LogP contribution < -0.4 is 5.73 Å². The number of carbonyl (C=O) groups excluding carboxylic acids is 1. The standard InChI is InChI=1S/C11H20N2OS/c1-3-9(10(12)15)11(14)13(2)8-6-4-5-7-8/h8-9H,3-7H2,1-2H3,(H2,12,15). The van der Waals surface area contributed by atoms with Crippen LogP contribution in [0.5, 0.6) is 0 Å². The molecule has 1 unspecified atom stereocenters. The quantitative estimate of drug-likeness (QED) is 0.745. The third-order valence-corrected chi connectivity index (χ3v) is 3.55. The molecule has 1 saturated carbocycles. The van der Waals surface area contributed by atoms with Gasteiger partial charge in [-0.25, -0.2) is 0 Å². The van der Waals surface area contributed by atoms with E-state index < -0.39 is 0 Å². The molecule has 0 aliphatic heterocycles. The van der Waals surface area contributed by atoms with Crippen LogP contribution in [0.4, 0.5) is 0 Å². The van der Waals surface area contributed by atoms with Crippen molar-refractivity contribution in [1.82, 2.24) is 4.90 Å². The Labute approximate surface area is 97.0 Å². The number of nitrogens with two attached hydrogens (primary N) is 1. The molecule has 1 atom stereocenters. The highest BCUT2D eigenvalue weighted by Crippen LogP contribution is 2.24. The van der Waals surface area contributed by atoms with Gasteiger partial charge in [0.15, 0.2) is 0 Å². The summed E-state index contributed by atoms with van der Waals surface area (Å²) in [5, 5.41) is 0. The Morgan fingerprint density at radius 3 is 2.47 bits per heavy atom. The molecular formula is C11H20N2OS. The average Bonchev–Trinajstić information content (AvgIpc) is 2.69. The Hall–Kier alpha value is -0.640. The van der Waals surface area contributed by atoms with Gasteiger partial charge >= 0.3 is 0 Å². The fraction of sp³-hybridized carbons (Fsp3) is 0.818. The maximum atomic E-state index is 12.1. The molecule has 1 rings (SSSR count). The van der Waals surface area contributed by atoms with Crippen molar-refractivity contribution >= 4 is 23.1 Å². The Balaban J connectivity index is 2.60. The lowest BCUT2D eigenvalue weighted by Crippen LogP contribution is -2.43. The summed E-state index contributed by atoms with van der Waals surface area (Å²) in [5.74, 6) is -0.178. The van der Waals surface area contributed by atoms with E-state index in [9.17, 15) is 4.79 Å². The van der Waals surface area contributed by atoms with Gasteiger partial charge in [-0.2, -0.15) is 0 Å². The van der Waals surface area contributed by atoms with Gasteiger partial charge < -0.3 is 10.6 Å². The molecule has 0 heterocycles. The zero-order chi connectivity index (χ0) is 11.4. The van der Waals surface area contributed by atoms with Crippen molar-refractivity contribution in [2.45, 2.75) is 45.1 Å². The molecule has 0 aromatic rings. The molecule has 1 aliphatic rings. The zero-order valence-electron chi connectivity index (χ0n) is 9.53. The van der Waals surface area contributed by atoms with Crippen molar-refractivity contribution in [2.24, 2.45) is 11.7 Å². The molecule has 1 aliphatic carbocycles. The summed E-state index contributed by atoms with van der Waals surface area (Å²) in [6, 6.07) is 0.404. The lowest BCUT2D eigenvalue weighted by molar-refractivity contribution is -0.134. The van der Waals surface area contributed by atoms with Gasteiger partial charge in [0.25, 0.3) is 0 Å². The first-order chi connectivity index (χ1) is 7.07. The van der Waals surface area contributed by atoms with Crippen LogP contribution in [0.15, 0.2) is 0 Å². The molecule has 1 fully saturated rings. The van der Waals surface area contributed by atoms with Gasteiger partial charge in [0.2, 0.25) is 5.91 Å². The van der Waals surface area contributed by atoms with Crippen molar-refractivity contribution < 1.29 is 4.79 Å². The molecule has 0 spiro atoms. The smallest absolute Gasteiger partial charge is 0.232 e. The summed E-state index contributed by atoms with van der Waals surface area (Å²) in [5.41, 5.74) is 5.57. The van der Waals surface area contributed by atoms with E-state index in [-0.39, 0.29) is 11.8 Å². The number of amides is 1. The zero-order valence-corrected chi connectivity index (χ0v) is 10.3. The predicted octanol–water partition coefficient (Wildman–Crippen LogP) is 1.70. The molecule has 1 amide bonds. The first-order valence-corrected chi connectivity index (χ1v) is 6.04. The molecule has 15 heavy (non-hydrogen) atoms. The lowest BCUT2D eigenvalue weighted by Gasteiger charge is -2.27. The van der Waals surface area contributed by atoms with Crippen molar-refractivity contribution in [3.05, 3.63) is 0 Å². The molecule has 86 valence electrons. The van der Waals surface area contributed by atoms with E-state index in [1.54, 1.807) is 0 Å². The van der Waals surface area contributed by atoms with E-state index in [2.05, 4.69) is 0 Å². The number of rotatable bonds is 4. The third kappa shape index (κ3) is 2.91. The predicted molar refractivity (Wildman–Crippen MR) is 65.6 cm³/mol. The van der Waals surface area contributed by atoms with Crippen LogP contribution in [0.25, 0.3) is 0 Å².